The van der Waals surface area contributed by atoms with Crippen molar-refractivity contribution in [2.75, 3.05) is 11.9 Å². The van der Waals surface area contributed by atoms with Gasteiger partial charge in [0.15, 0.2) is 0 Å². The second kappa shape index (κ2) is 6.71. The minimum atomic E-state index is 0.337. The molecule has 1 rings (SSSR count). The molecule has 0 atom stereocenters. The predicted octanol–water partition coefficient (Wildman–Crippen LogP) is 3.58. The summed E-state index contributed by atoms with van der Waals surface area (Å²) in [5.74, 6) is 0. The molecule has 0 bridgehead atoms. The molecule has 0 heterocycles. The lowest BCUT2D eigenvalue weighted by atomic mass is 10.1. The second-order valence-electron chi connectivity index (χ2n) is 3.66. The molecule has 2 nitrogen and oxygen atoms in total. The molecule has 1 aromatic rings. The van der Waals surface area contributed by atoms with E-state index in [2.05, 4.69) is 12.2 Å². The molecule has 0 unspecified atom stereocenters. The molecule has 0 saturated carbocycles. The number of benzene rings is 1. The van der Waals surface area contributed by atoms with E-state index in [1.165, 1.54) is 12.8 Å². The Morgan fingerprint density at radius 2 is 2.19 bits per heavy atom. The zero-order valence-electron chi connectivity index (χ0n) is 9.42. The lowest BCUT2D eigenvalue weighted by Crippen LogP contribution is -2.14. The molecule has 0 aliphatic rings. The van der Waals surface area contributed by atoms with Crippen LogP contribution in [-0.2, 0) is 0 Å². The number of nitrogens with two attached hydrogens (primary N) is 1. The SMILES string of the molecule is CCCCCNc1cccc(Cl)c1C(N)=S. The molecule has 0 aliphatic heterocycles. The van der Waals surface area contributed by atoms with E-state index in [1.54, 1.807) is 6.07 Å². The zero-order chi connectivity index (χ0) is 12.0. The van der Waals surface area contributed by atoms with Crippen molar-refractivity contribution >= 4 is 34.5 Å². The van der Waals surface area contributed by atoms with Gasteiger partial charge in [-0.3, -0.25) is 0 Å². The van der Waals surface area contributed by atoms with E-state index in [0.717, 1.165) is 24.2 Å². The van der Waals surface area contributed by atoms with Crippen molar-refractivity contribution < 1.29 is 0 Å². The van der Waals surface area contributed by atoms with E-state index in [0.29, 0.717) is 10.0 Å². The van der Waals surface area contributed by atoms with E-state index in [-0.39, 0.29) is 0 Å². The maximum atomic E-state index is 6.06. The van der Waals surface area contributed by atoms with Gasteiger partial charge in [0.25, 0.3) is 0 Å². The Hall–Kier alpha value is -0.800. The molecule has 88 valence electrons. The summed E-state index contributed by atoms with van der Waals surface area (Å²) < 4.78 is 0. The minimum Gasteiger partial charge on any atom is -0.389 e. The van der Waals surface area contributed by atoms with E-state index in [1.807, 2.05) is 12.1 Å². The number of hydrogen-bond acceptors (Lipinski definition) is 2. The number of rotatable bonds is 6. The molecule has 1 aromatic carbocycles. The van der Waals surface area contributed by atoms with Crippen molar-refractivity contribution in [3.8, 4) is 0 Å². The summed E-state index contributed by atoms with van der Waals surface area (Å²) >= 11 is 11.0. The average Bonchev–Trinajstić information content (AvgIpc) is 2.24. The fraction of sp³-hybridized carbons (Fsp3) is 0.417. The van der Waals surface area contributed by atoms with Crippen molar-refractivity contribution in [1.82, 2.24) is 0 Å². The van der Waals surface area contributed by atoms with Crippen LogP contribution in [0.4, 0.5) is 5.69 Å². The first-order valence-electron chi connectivity index (χ1n) is 5.49. The molecule has 0 spiro atoms. The summed E-state index contributed by atoms with van der Waals surface area (Å²) in [5.41, 5.74) is 7.33. The molecule has 0 amide bonds. The van der Waals surface area contributed by atoms with Gasteiger partial charge in [-0.1, -0.05) is 49.7 Å². The summed E-state index contributed by atoms with van der Waals surface area (Å²) in [6.45, 7) is 3.10. The quantitative estimate of drug-likeness (QED) is 0.604. The van der Waals surface area contributed by atoms with Crippen LogP contribution in [0.15, 0.2) is 18.2 Å². The van der Waals surface area contributed by atoms with Gasteiger partial charge in [-0.05, 0) is 18.6 Å². The highest BCUT2D eigenvalue weighted by Gasteiger charge is 2.08. The molecule has 0 aliphatic carbocycles. The Kier molecular flexibility index (Phi) is 5.56. The average molecular weight is 257 g/mol. The van der Waals surface area contributed by atoms with Crippen LogP contribution >= 0.6 is 23.8 Å². The lowest BCUT2D eigenvalue weighted by Gasteiger charge is -2.12. The van der Waals surface area contributed by atoms with E-state index < -0.39 is 0 Å². The molecule has 0 aromatic heterocycles. The number of nitrogens with one attached hydrogen (secondary N) is 1. The van der Waals surface area contributed by atoms with Crippen molar-refractivity contribution in [2.24, 2.45) is 5.73 Å². The first kappa shape index (κ1) is 13.3. The highest BCUT2D eigenvalue weighted by Crippen LogP contribution is 2.24. The van der Waals surface area contributed by atoms with E-state index in [9.17, 15) is 0 Å². The lowest BCUT2D eigenvalue weighted by molar-refractivity contribution is 0.744. The zero-order valence-corrected chi connectivity index (χ0v) is 11.0. The van der Waals surface area contributed by atoms with Crippen LogP contribution in [0.3, 0.4) is 0 Å². The maximum absolute atomic E-state index is 6.06. The molecule has 0 radical (unpaired) electrons. The largest absolute Gasteiger partial charge is 0.389 e. The van der Waals surface area contributed by atoms with Gasteiger partial charge in [0.1, 0.15) is 4.99 Å². The van der Waals surface area contributed by atoms with Gasteiger partial charge in [-0.25, -0.2) is 0 Å². The standard InChI is InChI=1S/C12H17ClN2S/c1-2-3-4-8-15-10-7-5-6-9(13)11(10)12(14)16/h5-7,15H,2-4,8H2,1H3,(H2,14,16). The van der Waals surface area contributed by atoms with Crippen LogP contribution in [0.1, 0.15) is 31.7 Å². The predicted molar refractivity (Wildman–Crippen MR) is 75.4 cm³/mol. The van der Waals surface area contributed by atoms with Gasteiger partial charge in [0.2, 0.25) is 0 Å². The van der Waals surface area contributed by atoms with Crippen molar-refractivity contribution in [1.29, 1.82) is 0 Å². The Balaban J connectivity index is 2.71. The van der Waals surface area contributed by atoms with Crippen molar-refractivity contribution in [3.63, 3.8) is 0 Å². The highest BCUT2D eigenvalue weighted by atomic mass is 35.5. The first-order valence-corrected chi connectivity index (χ1v) is 6.27. The third-order valence-electron chi connectivity index (χ3n) is 2.36. The van der Waals surface area contributed by atoms with Crippen LogP contribution in [0.5, 0.6) is 0 Å². The molecule has 0 saturated heterocycles. The molecule has 16 heavy (non-hydrogen) atoms. The fourth-order valence-corrected chi connectivity index (χ4v) is 2.07. The third-order valence-corrected chi connectivity index (χ3v) is 2.87. The summed E-state index contributed by atoms with van der Waals surface area (Å²) in [5, 5.41) is 3.92. The van der Waals surface area contributed by atoms with Crippen LogP contribution in [0.25, 0.3) is 0 Å². The Bertz CT molecular complexity index is 366. The maximum Gasteiger partial charge on any atom is 0.107 e. The van der Waals surface area contributed by atoms with Crippen molar-refractivity contribution in [2.45, 2.75) is 26.2 Å². The van der Waals surface area contributed by atoms with E-state index in [4.69, 9.17) is 29.6 Å². The molecular weight excluding hydrogens is 240 g/mol. The molecular formula is C12H17ClN2S. The molecule has 4 heteroatoms. The van der Waals surface area contributed by atoms with Gasteiger partial charge < -0.3 is 11.1 Å². The number of unbranched alkanes of at least 4 members (excludes halogenated alkanes) is 2. The van der Waals surface area contributed by atoms with Crippen molar-refractivity contribution in [3.05, 3.63) is 28.8 Å². The summed E-state index contributed by atoms with van der Waals surface area (Å²) in [4.78, 5) is 0.337. The van der Waals surface area contributed by atoms with Gasteiger partial charge in [0.05, 0.1) is 10.6 Å². The number of thiocarbonyl (C=S) groups is 1. The highest BCUT2D eigenvalue weighted by molar-refractivity contribution is 7.80. The smallest absolute Gasteiger partial charge is 0.107 e. The van der Waals surface area contributed by atoms with Gasteiger partial charge >= 0.3 is 0 Å². The Morgan fingerprint density at radius 1 is 1.44 bits per heavy atom. The van der Waals surface area contributed by atoms with Crippen LogP contribution in [0.2, 0.25) is 5.02 Å². The summed E-state index contributed by atoms with van der Waals surface area (Å²) in [6.07, 6.45) is 3.56. The molecule has 0 fully saturated rings. The first-order chi connectivity index (χ1) is 7.66. The van der Waals surface area contributed by atoms with Crippen LogP contribution in [0, 0.1) is 0 Å². The number of halogens is 1. The fourth-order valence-electron chi connectivity index (χ4n) is 1.52. The normalized spacial score (nSPS) is 10.1. The Labute approximate surface area is 107 Å². The summed E-state index contributed by atoms with van der Waals surface area (Å²) in [6, 6.07) is 5.64. The summed E-state index contributed by atoms with van der Waals surface area (Å²) in [7, 11) is 0. The number of anilines is 1. The third kappa shape index (κ3) is 3.65. The van der Waals surface area contributed by atoms with Crippen LogP contribution in [-0.4, -0.2) is 11.5 Å². The topological polar surface area (TPSA) is 38.0 Å². The Morgan fingerprint density at radius 3 is 2.81 bits per heavy atom. The van der Waals surface area contributed by atoms with Gasteiger partial charge in [-0.15, -0.1) is 0 Å². The number of hydrogen-bond donors (Lipinski definition) is 2. The molecule has 3 N–H and O–H groups in total. The monoisotopic (exact) mass is 256 g/mol. The van der Waals surface area contributed by atoms with E-state index >= 15 is 0 Å². The second-order valence-corrected chi connectivity index (χ2v) is 4.51. The van der Waals surface area contributed by atoms with Gasteiger partial charge in [0, 0.05) is 12.2 Å². The van der Waals surface area contributed by atoms with Gasteiger partial charge in [-0.2, -0.15) is 0 Å². The van der Waals surface area contributed by atoms with Crippen LogP contribution < -0.4 is 11.1 Å². The minimum absolute atomic E-state index is 0.337.